The molecule has 33 heavy (non-hydrogen) atoms. The van der Waals surface area contributed by atoms with Crippen LogP contribution in [0, 0.1) is 0 Å². The third-order valence-electron chi connectivity index (χ3n) is 4.94. The number of guanidine groups is 1. The number of rotatable bonds is 7. The Morgan fingerprint density at radius 1 is 1.18 bits per heavy atom. The fourth-order valence-electron chi connectivity index (χ4n) is 3.28. The van der Waals surface area contributed by atoms with E-state index in [9.17, 15) is 9.59 Å². The van der Waals surface area contributed by atoms with E-state index in [1.165, 1.54) is 0 Å². The molecule has 0 saturated carbocycles. The number of piperazine rings is 1. The molecule has 2 aromatic carbocycles. The first-order valence-corrected chi connectivity index (χ1v) is 10.5. The molecular formula is C23H30IN5O4. The first kappa shape index (κ1) is 26.2. The lowest BCUT2D eigenvalue weighted by Crippen LogP contribution is -2.49. The van der Waals surface area contributed by atoms with Gasteiger partial charge in [0, 0.05) is 44.0 Å². The standard InChI is InChI=1S/C23H29N5O4.HI/c1-4-32-20-13-18(9-10-19(20)31-3)27-23(24-2)26-14-16-5-7-17(8-6-16)22(30)28-12-11-25-21(29)15-28;/h5-10,13H,4,11-12,14-15H2,1-3H3,(H,25,29)(H2,24,26,27);1H. The average Bonchev–Trinajstić information content (AvgIpc) is 2.82. The zero-order valence-electron chi connectivity index (χ0n) is 19.0. The highest BCUT2D eigenvalue weighted by Crippen LogP contribution is 2.30. The van der Waals surface area contributed by atoms with Crippen molar-refractivity contribution in [1.29, 1.82) is 0 Å². The highest BCUT2D eigenvalue weighted by molar-refractivity contribution is 14.0. The number of nitrogens with zero attached hydrogens (tertiary/aromatic N) is 2. The van der Waals surface area contributed by atoms with Crippen LogP contribution in [0.4, 0.5) is 5.69 Å². The van der Waals surface area contributed by atoms with Crippen molar-refractivity contribution in [3.05, 3.63) is 53.6 Å². The van der Waals surface area contributed by atoms with Crippen molar-refractivity contribution < 1.29 is 19.1 Å². The first-order chi connectivity index (χ1) is 15.5. The van der Waals surface area contributed by atoms with E-state index in [0.29, 0.717) is 49.3 Å². The van der Waals surface area contributed by atoms with Crippen LogP contribution in [0.5, 0.6) is 11.5 Å². The number of hydrogen-bond donors (Lipinski definition) is 3. The minimum atomic E-state index is -0.138. The summed E-state index contributed by atoms with van der Waals surface area (Å²) < 4.78 is 10.9. The minimum absolute atomic E-state index is 0. The lowest BCUT2D eigenvalue weighted by Gasteiger charge is -2.26. The lowest BCUT2D eigenvalue weighted by molar-refractivity contribution is -0.123. The van der Waals surface area contributed by atoms with Crippen LogP contribution in [-0.2, 0) is 11.3 Å². The van der Waals surface area contributed by atoms with Crippen LogP contribution < -0.4 is 25.4 Å². The lowest BCUT2D eigenvalue weighted by atomic mass is 10.1. The van der Waals surface area contributed by atoms with Gasteiger partial charge in [-0.1, -0.05) is 12.1 Å². The van der Waals surface area contributed by atoms with E-state index in [2.05, 4.69) is 20.9 Å². The molecule has 178 valence electrons. The zero-order chi connectivity index (χ0) is 22.9. The smallest absolute Gasteiger partial charge is 0.254 e. The summed E-state index contributed by atoms with van der Waals surface area (Å²) in [4.78, 5) is 29.9. The summed E-state index contributed by atoms with van der Waals surface area (Å²) in [7, 11) is 3.30. The number of methoxy groups -OCH3 is 1. The van der Waals surface area contributed by atoms with E-state index >= 15 is 0 Å². The van der Waals surface area contributed by atoms with Gasteiger partial charge in [0.25, 0.3) is 5.91 Å². The summed E-state index contributed by atoms with van der Waals surface area (Å²) in [5.41, 5.74) is 2.37. The molecule has 1 aliphatic heterocycles. The van der Waals surface area contributed by atoms with E-state index in [-0.39, 0.29) is 42.3 Å². The van der Waals surface area contributed by atoms with Crippen LogP contribution in [0.3, 0.4) is 0 Å². The molecule has 0 radical (unpaired) electrons. The van der Waals surface area contributed by atoms with E-state index in [1.807, 2.05) is 37.3 Å². The number of carbonyl (C=O) groups excluding carboxylic acids is 2. The number of halogens is 1. The molecule has 0 bridgehead atoms. The van der Waals surface area contributed by atoms with Gasteiger partial charge in [-0.15, -0.1) is 24.0 Å². The number of nitrogens with one attached hydrogen (secondary N) is 3. The fourth-order valence-corrected chi connectivity index (χ4v) is 3.28. The monoisotopic (exact) mass is 567 g/mol. The van der Waals surface area contributed by atoms with Crippen molar-refractivity contribution in [3.63, 3.8) is 0 Å². The van der Waals surface area contributed by atoms with Gasteiger partial charge in [0.1, 0.15) is 0 Å². The number of anilines is 1. The molecule has 1 aliphatic rings. The summed E-state index contributed by atoms with van der Waals surface area (Å²) >= 11 is 0. The predicted molar refractivity (Wildman–Crippen MR) is 139 cm³/mol. The number of hydrogen-bond acceptors (Lipinski definition) is 5. The number of ether oxygens (including phenoxy) is 2. The van der Waals surface area contributed by atoms with Crippen LogP contribution in [-0.4, -0.2) is 63.1 Å². The SMILES string of the molecule is CCOc1cc(NC(=NC)NCc2ccc(C(=O)N3CCNC(=O)C3)cc2)ccc1OC.I. The van der Waals surface area contributed by atoms with Crippen molar-refractivity contribution in [1.82, 2.24) is 15.5 Å². The molecule has 3 rings (SSSR count). The quantitative estimate of drug-likeness (QED) is 0.270. The second kappa shape index (κ2) is 12.9. The molecule has 0 unspecified atom stereocenters. The van der Waals surface area contributed by atoms with Gasteiger partial charge < -0.3 is 30.3 Å². The van der Waals surface area contributed by atoms with Gasteiger partial charge in [-0.3, -0.25) is 14.6 Å². The van der Waals surface area contributed by atoms with E-state index < -0.39 is 0 Å². The van der Waals surface area contributed by atoms with Gasteiger partial charge in [-0.25, -0.2) is 0 Å². The van der Waals surface area contributed by atoms with Gasteiger partial charge >= 0.3 is 0 Å². The van der Waals surface area contributed by atoms with Gasteiger partial charge in [0.2, 0.25) is 5.91 Å². The Kier molecular flexibility index (Phi) is 10.2. The highest BCUT2D eigenvalue weighted by atomic mass is 127. The molecule has 1 fully saturated rings. The van der Waals surface area contributed by atoms with Gasteiger partial charge in [0.05, 0.1) is 20.3 Å². The highest BCUT2D eigenvalue weighted by Gasteiger charge is 2.22. The van der Waals surface area contributed by atoms with Gasteiger partial charge in [-0.2, -0.15) is 0 Å². The van der Waals surface area contributed by atoms with Crippen molar-refractivity contribution in [2.24, 2.45) is 4.99 Å². The van der Waals surface area contributed by atoms with Crippen LogP contribution >= 0.6 is 24.0 Å². The molecule has 10 heteroatoms. The normalized spacial score (nSPS) is 13.5. The van der Waals surface area contributed by atoms with Crippen molar-refractivity contribution in [3.8, 4) is 11.5 Å². The molecule has 1 heterocycles. The Hall–Kier alpha value is -3.02. The second-order valence-corrected chi connectivity index (χ2v) is 7.12. The number of amides is 2. The minimum Gasteiger partial charge on any atom is -0.493 e. The molecule has 2 amide bonds. The maximum absolute atomic E-state index is 12.6. The third kappa shape index (κ3) is 7.24. The van der Waals surface area contributed by atoms with E-state index in [4.69, 9.17) is 9.47 Å². The molecular weight excluding hydrogens is 537 g/mol. The fraction of sp³-hybridized carbons (Fsp3) is 0.348. The van der Waals surface area contributed by atoms with Crippen molar-refractivity contribution in [2.75, 3.05) is 45.7 Å². The molecule has 0 spiro atoms. The van der Waals surface area contributed by atoms with Crippen molar-refractivity contribution in [2.45, 2.75) is 13.5 Å². The summed E-state index contributed by atoms with van der Waals surface area (Å²) in [5, 5.41) is 9.20. The van der Waals surface area contributed by atoms with Crippen LogP contribution in [0.15, 0.2) is 47.5 Å². The molecule has 1 saturated heterocycles. The molecule has 9 nitrogen and oxygen atoms in total. The van der Waals surface area contributed by atoms with E-state index in [1.54, 1.807) is 31.2 Å². The Morgan fingerprint density at radius 3 is 2.58 bits per heavy atom. The van der Waals surface area contributed by atoms with Gasteiger partial charge in [0.15, 0.2) is 17.5 Å². The van der Waals surface area contributed by atoms with Crippen LogP contribution in [0.2, 0.25) is 0 Å². The summed E-state index contributed by atoms with van der Waals surface area (Å²) in [6.45, 7) is 4.08. The Balaban J connectivity index is 0.00000385. The Morgan fingerprint density at radius 2 is 1.94 bits per heavy atom. The zero-order valence-corrected chi connectivity index (χ0v) is 21.3. The first-order valence-electron chi connectivity index (χ1n) is 10.5. The summed E-state index contributed by atoms with van der Waals surface area (Å²) in [6, 6.07) is 12.9. The van der Waals surface area contributed by atoms with Crippen molar-refractivity contribution >= 4 is 47.4 Å². The van der Waals surface area contributed by atoms with Crippen LogP contribution in [0.25, 0.3) is 0 Å². The maximum Gasteiger partial charge on any atom is 0.254 e. The Bertz CT molecular complexity index is 981. The topological polar surface area (TPSA) is 104 Å². The summed E-state index contributed by atoms with van der Waals surface area (Å²) in [6.07, 6.45) is 0. The number of aliphatic imine (C=N–C) groups is 1. The molecule has 2 aromatic rings. The Labute approximate surface area is 210 Å². The second-order valence-electron chi connectivity index (χ2n) is 7.12. The molecule has 0 aliphatic carbocycles. The van der Waals surface area contributed by atoms with E-state index in [0.717, 1.165) is 11.3 Å². The number of carbonyl (C=O) groups is 2. The summed E-state index contributed by atoms with van der Waals surface area (Å²) in [5.74, 6) is 1.65. The van der Waals surface area contributed by atoms with Gasteiger partial charge in [-0.05, 0) is 36.8 Å². The number of benzene rings is 2. The molecule has 0 atom stereocenters. The maximum atomic E-state index is 12.6. The molecule has 0 aromatic heterocycles. The molecule has 3 N–H and O–H groups in total. The average molecular weight is 567 g/mol. The predicted octanol–water partition coefficient (Wildman–Crippen LogP) is 2.47. The largest absolute Gasteiger partial charge is 0.493 e. The third-order valence-corrected chi connectivity index (χ3v) is 4.94. The van der Waals surface area contributed by atoms with Crippen LogP contribution in [0.1, 0.15) is 22.8 Å².